The molecule has 0 atom stereocenters. The Bertz CT molecular complexity index is 862. The number of quaternary nitrogens is 2. The third kappa shape index (κ3) is 6.57. The van der Waals surface area contributed by atoms with Crippen LogP contribution in [0.2, 0.25) is 0 Å². The maximum Gasteiger partial charge on any atom is 0.277 e. The van der Waals surface area contributed by atoms with Gasteiger partial charge in [-0.1, -0.05) is 48.5 Å². The molecule has 0 radical (unpaired) electrons. The summed E-state index contributed by atoms with van der Waals surface area (Å²) >= 11 is 0. The second kappa shape index (κ2) is 11.5. The summed E-state index contributed by atoms with van der Waals surface area (Å²) in [7, 11) is 5.11. The van der Waals surface area contributed by atoms with E-state index in [1.807, 2.05) is 31.3 Å². The van der Waals surface area contributed by atoms with Crippen molar-refractivity contribution in [2.45, 2.75) is 6.54 Å². The first-order valence-electron chi connectivity index (χ1n) is 10.9. The maximum absolute atomic E-state index is 12.8. The number of ether oxygens (including phenoxy) is 2. The Balaban J connectivity index is 1.44. The number of carbonyl (C=O) groups excluding carboxylic acids is 1. The summed E-state index contributed by atoms with van der Waals surface area (Å²) in [6.07, 6.45) is 4.45. The fourth-order valence-electron chi connectivity index (χ4n) is 4.03. The van der Waals surface area contributed by atoms with Crippen LogP contribution in [0.25, 0.3) is 6.08 Å². The van der Waals surface area contributed by atoms with Crippen LogP contribution in [0.5, 0.6) is 11.5 Å². The van der Waals surface area contributed by atoms with E-state index >= 15 is 0 Å². The van der Waals surface area contributed by atoms with E-state index in [0.29, 0.717) is 24.6 Å². The van der Waals surface area contributed by atoms with E-state index in [4.69, 9.17) is 9.47 Å². The van der Waals surface area contributed by atoms with Gasteiger partial charge in [-0.25, -0.2) is 0 Å². The Morgan fingerprint density at radius 2 is 1.68 bits per heavy atom. The molecule has 1 aliphatic rings. The molecule has 3 rings (SSSR count). The van der Waals surface area contributed by atoms with E-state index in [1.165, 1.54) is 10.5 Å². The lowest BCUT2D eigenvalue weighted by Gasteiger charge is -2.30. The highest BCUT2D eigenvalue weighted by Gasteiger charge is 2.25. The lowest BCUT2D eigenvalue weighted by molar-refractivity contribution is -1.01. The number of benzene rings is 2. The zero-order valence-corrected chi connectivity index (χ0v) is 18.9. The van der Waals surface area contributed by atoms with Gasteiger partial charge in [-0.05, 0) is 17.7 Å². The largest absolute Gasteiger partial charge is 0.493 e. The van der Waals surface area contributed by atoms with Crippen molar-refractivity contribution in [3.8, 4) is 11.5 Å². The fourth-order valence-corrected chi connectivity index (χ4v) is 4.03. The molecule has 1 fully saturated rings. The normalized spacial score (nSPS) is 18.7. The van der Waals surface area contributed by atoms with Gasteiger partial charge in [0.15, 0.2) is 18.0 Å². The monoisotopic (exact) mass is 425 g/mol. The molecule has 0 aromatic heterocycles. The van der Waals surface area contributed by atoms with Crippen LogP contribution in [0.1, 0.15) is 11.1 Å². The Morgan fingerprint density at radius 1 is 0.968 bits per heavy atom. The quantitative estimate of drug-likeness (QED) is 0.602. The van der Waals surface area contributed by atoms with Crippen LogP contribution in [0.4, 0.5) is 0 Å². The van der Waals surface area contributed by atoms with Gasteiger partial charge in [0.05, 0.1) is 20.8 Å². The highest BCUT2D eigenvalue weighted by Crippen LogP contribution is 2.31. The van der Waals surface area contributed by atoms with Crippen LogP contribution < -0.4 is 19.3 Å². The highest BCUT2D eigenvalue weighted by molar-refractivity contribution is 5.77. The lowest BCUT2D eigenvalue weighted by Crippen LogP contribution is -3.28. The van der Waals surface area contributed by atoms with Crippen molar-refractivity contribution < 1.29 is 24.1 Å². The number of methoxy groups -OCH3 is 2. The van der Waals surface area contributed by atoms with Crippen molar-refractivity contribution in [3.05, 3.63) is 65.7 Å². The van der Waals surface area contributed by atoms with Crippen molar-refractivity contribution >= 4 is 12.0 Å². The summed E-state index contributed by atoms with van der Waals surface area (Å²) in [5.41, 5.74) is 2.19. The van der Waals surface area contributed by atoms with Crippen LogP contribution in [0.3, 0.4) is 0 Å². The minimum absolute atomic E-state index is 0.160. The molecule has 0 saturated carbocycles. The van der Waals surface area contributed by atoms with Crippen LogP contribution >= 0.6 is 0 Å². The van der Waals surface area contributed by atoms with Crippen LogP contribution in [-0.4, -0.2) is 71.3 Å². The molecule has 1 heterocycles. The average Bonchev–Trinajstić information content (AvgIpc) is 2.80. The van der Waals surface area contributed by atoms with Gasteiger partial charge in [-0.3, -0.25) is 4.79 Å². The Labute approximate surface area is 185 Å². The van der Waals surface area contributed by atoms with Gasteiger partial charge in [0, 0.05) is 19.2 Å². The predicted molar refractivity (Wildman–Crippen MR) is 123 cm³/mol. The summed E-state index contributed by atoms with van der Waals surface area (Å²) in [5, 5.41) is 0. The van der Waals surface area contributed by atoms with Gasteiger partial charge in [0.25, 0.3) is 5.91 Å². The SMILES string of the molecule is COc1cccc(CN(C)C(=O)C[NH+]2CC[NH+](C/C=C/c3ccccc3)CC2)c1OC. The lowest BCUT2D eigenvalue weighted by atomic mass is 10.1. The smallest absolute Gasteiger partial charge is 0.277 e. The zero-order valence-electron chi connectivity index (χ0n) is 18.9. The van der Waals surface area contributed by atoms with E-state index in [1.54, 1.807) is 24.0 Å². The Kier molecular flexibility index (Phi) is 8.50. The minimum Gasteiger partial charge on any atom is -0.493 e. The number of para-hydroxylation sites is 1. The molecule has 6 heteroatoms. The molecule has 0 unspecified atom stereocenters. The molecule has 2 N–H and O–H groups in total. The van der Waals surface area contributed by atoms with Crippen LogP contribution in [0.15, 0.2) is 54.6 Å². The first kappa shape index (κ1) is 22.8. The number of rotatable bonds is 9. The van der Waals surface area contributed by atoms with Crippen molar-refractivity contribution in [2.75, 3.05) is 60.5 Å². The number of piperazine rings is 1. The molecule has 1 aliphatic heterocycles. The molecule has 1 amide bonds. The number of amides is 1. The van der Waals surface area contributed by atoms with Gasteiger partial charge in [0.1, 0.15) is 26.2 Å². The molecule has 31 heavy (non-hydrogen) atoms. The molecule has 2 aromatic rings. The molecule has 0 bridgehead atoms. The van der Waals surface area contributed by atoms with Crippen molar-refractivity contribution in [1.29, 1.82) is 0 Å². The van der Waals surface area contributed by atoms with Crippen molar-refractivity contribution in [3.63, 3.8) is 0 Å². The number of nitrogens with zero attached hydrogens (tertiary/aromatic N) is 1. The number of likely N-dealkylation sites (N-methyl/N-ethyl adjacent to an activating group) is 1. The first-order chi connectivity index (χ1) is 15.1. The number of nitrogens with one attached hydrogen (secondary N) is 2. The molecule has 2 aromatic carbocycles. The van der Waals surface area contributed by atoms with Crippen molar-refractivity contribution in [1.82, 2.24) is 4.90 Å². The summed E-state index contributed by atoms with van der Waals surface area (Å²) in [5.74, 6) is 1.54. The second-order valence-electron chi connectivity index (χ2n) is 8.10. The molecular formula is C25H35N3O3+2. The average molecular weight is 426 g/mol. The molecule has 0 spiro atoms. The summed E-state index contributed by atoms with van der Waals surface area (Å²) in [4.78, 5) is 17.5. The minimum atomic E-state index is 0.160. The number of hydrogen-bond donors (Lipinski definition) is 2. The van der Waals surface area contributed by atoms with E-state index in [0.717, 1.165) is 38.3 Å². The molecule has 6 nitrogen and oxygen atoms in total. The molecule has 0 aliphatic carbocycles. The number of carbonyl (C=O) groups is 1. The summed E-state index contributed by atoms with van der Waals surface area (Å²) in [6.45, 7) is 6.31. The Hall–Kier alpha value is -2.83. The molecule has 1 saturated heterocycles. The van der Waals surface area contributed by atoms with Gasteiger partial charge in [-0.2, -0.15) is 0 Å². The maximum atomic E-state index is 12.8. The predicted octanol–water partition coefficient (Wildman–Crippen LogP) is 0.159. The number of hydrogen-bond acceptors (Lipinski definition) is 3. The van der Waals surface area contributed by atoms with Gasteiger partial charge >= 0.3 is 0 Å². The first-order valence-corrected chi connectivity index (χ1v) is 10.9. The van der Waals surface area contributed by atoms with Gasteiger partial charge < -0.3 is 24.2 Å². The topological polar surface area (TPSA) is 47.6 Å². The third-order valence-corrected chi connectivity index (χ3v) is 5.90. The highest BCUT2D eigenvalue weighted by atomic mass is 16.5. The zero-order chi connectivity index (χ0) is 22.1. The van der Waals surface area contributed by atoms with E-state index in [2.05, 4.69) is 36.4 Å². The Morgan fingerprint density at radius 3 is 2.35 bits per heavy atom. The third-order valence-electron chi connectivity index (χ3n) is 5.90. The van der Waals surface area contributed by atoms with Gasteiger partial charge in [0.2, 0.25) is 0 Å². The van der Waals surface area contributed by atoms with Crippen molar-refractivity contribution in [2.24, 2.45) is 0 Å². The van der Waals surface area contributed by atoms with E-state index < -0.39 is 0 Å². The summed E-state index contributed by atoms with van der Waals surface area (Å²) < 4.78 is 10.9. The second-order valence-corrected chi connectivity index (χ2v) is 8.10. The van der Waals surface area contributed by atoms with E-state index in [9.17, 15) is 4.79 Å². The van der Waals surface area contributed by atoms with E-state index in [-0.39, 0.29) is 5.91 Å². The molecule has 166 valence electrons. The fraction of sp³-hybridized carbons (Fsp3) is 0.400. The van der Waals surface area contributed by atoms with Crippen LogP contribution in [-0.2, 0) is 11.3 Å². The summed E-state index contributed by atoms with van der Waals surface area (Å²) in [6, 6.07) is 16.2. The van der Waals surface area contributed by atoms with Gasteiger partial charge in [-0.15, -0.1) is 0 Å². The standard InChI is InChI=1S/C25H33N3O3/c1-26(19-22-12-7-13-23(30-2)25(22)31-3)24(29)20-28-17-15-27(16-18-28)14-8-11-21-9-5-4-6-10-21/h4-13H,14-20H2,1-3H3/p+2/b11-8+. The van der Waals surface area contributed by atoms with Crippen LogP contribution in [0, 0.1) is 0 Å². The molecular weight excluding hydrogens is 390 g/mol.